The molecule has 9 heteroatoms. The fourth-order valence-corrected chi connectivity index (χ4v) is 5.39. The molecule has 0 radical (unpaired) electrons. The maximum absolute atomic E-state index is 13.7. The summed E-state index contributed by atoms with van der Waals surface area (Å²) in [6.45, 7) is 4.32. The number of halogens is 4. The minimum Gasteiger partial charge on any atom is -0.345 e. The summed E-state index contributed by atoms with van der Waals surface area (Å²) in [6.07, 6.45) is -3.30. The van der Waals surface area contributed by atoms with Gasteiger partial charge in [0.1, 0.15) is 6.04 Å². The molecule has 1 N–H and O–H groups in total. The van der Waals surface area contributed by atoms with Gasteiger partial charge in [-0.1, -0.05) is 35.4 Å². The van der Waals surface area contributed by atoms with Crippen molar-refractivity contribution in [2.45, 2.75) is 44.4 Å². The predicted molar refractivity (Wildman–Crippen MR) is 108 cm³/mol. The van der Waals surface area contributed by atoms with E-state index in [0.717, 1.165) is 5.56 Å². The Morgan fingerprint density at radius 1 is 1.07 bits per heavy atom. The fraction of sp³-hybridized carbons (Fsp3) is 0.300. The van der Waals surface area contributed by atoms with E-state index < -0.39 is 28.8 Å². The molecule has 1 unspecified atom stereocenters. The number of nitrogens with zero attached hydrogens (tertiary/aromatic N) is 1. The third-order valence-corrected chi connectivity index (χ3v) is 6.69. The van der Waals surface area contributed by atoms with Gasteiger partial charge in [-0.25, -0.2) is 8.42 Å². The lowest BCUT2D eigenvalue weighted by molar-refractivity contribution is -0.154. The number of sulfonamides is 1. The number of hydrogen-bond donors (Lipinski definition) is 1. The lowest BCUT2D eigenvalue weighted by atomic mass is 10.1. The van der Waals surface area contributed by atoms with Crippen molar-refractivity contribution in [3.05, 3.63) is 64.3 Å². The normalized spacial score (nSPS) is 13.8. The standard InChI is InChI=1S/C20H20ClF3N2O2S/c1-12-8-13(2)19(14(3)9-12)29(27,28)25-18(20(22,23)24)11-26-7-6-15-4-5-16(21)10-17(15)26/h4-10,18,25H,11H2,1-3H3. The molecule has 3 rings (SSSR count). The largest absolute Gasteiger partial charge is 0.406 e. The van der Waals surface area contributed by atoms with Crippen molar-refractivity contribution in [3.63, 3.8) is 0 Å². The molecule has 0 fully saturated rings. The number of rotatable bonds is 5. The third-order valence-electron chi connectivity index (χ3n) is 4.68. The van der Waals surface area contributed by atoms with Gasteiger partial charge < -0.3 is 4.57 Å². The third kappa shape index (κ3) is 4.60. The summed E-state index contributed by atoms with van der Waals surface area (Å²) in [7, 11) is -4.39. The van der Waals surface area contributed by atoms with Gasteiger partial charge in [0.25, 0.3) is 0 Å². The summed E-state index contributed by atoms with van der Waals surface area (Å²) >= 11 is 5.96. The molecule has 0 aliphatic carbocycles. The number of fused-ring (bicyclic) bond motifs is 1. The Morgan fingerprint density at radius 3 is 2.28 bits per heavy atom. The van der Waals surface area contributed by atoms with Crippen LogP contribution in [0.1, 0.15) is 16.7 Å². The Labute approximate surface area is 172 Å². The van der Waals surface area contributed by atoms with Crippen molar-refractivity contribution in [2.24, 2.45) is 0 Å². The number of aromatic nitrogens is 1. The average molecular weight is 445 g/mol. The molecule has 3 aromatic rings. The monoisotopic (exact) mass is 444 g/mol. The van der Waals surface area contributed by atoms with E-state index in [-0.39, 0.29) is 4.90 Å². The molecule has 0 aliphatic heterocycles. The summed E-state index contributed by atoms with van der Waals surface area (Å²) in [6, 6.07) is 7.50. The van der Waals surface area contributed by atoms with Crippen LogP contribution in [0.3, 0.4) is 0 Å². The summed E-state index contributed by atoms with van der Waals surface area (Å²) in [4.78, 5) is -0.127. The molecule has 1 atom stereocenters. The molecule has 0 amide bonds. The van der Waals surface area contributed by atoms with Crippen LogP contribution in [0.25, 0.3) is 10.9 Å². The quantitative estimate of drug-likeness (QED) is 0.593. The highest BCUT2D eigenvalue weighted by atomic mass is 35.5. The van der Waals surface area contributed by atoms with Crippen LogP contribution in [0.2, 0.25) is 5.02 Å². The molecule has 0 aliphatic rings. The molecule has 1 heterocycles. The van der Waals surface area contributed by atoms with E-state index in [1.54, 1.807) is 57.2 Å². The van der Waals surface area contributed by atoms with Crippen molar-refractivity contribution < 1.29 is 21.6 Å². The zero-order chi connectivity index (χ0) is 21.6. The van der Waals surface area contributed by atoms with Crippen LogP contribution >= 0.6 is 11.6 Å². The first-order valence-corrected chi connectivity index (χ1v) is 10.7. The van der Waals surface area contributed by atoms with Crippen LogP contribution in [0, 0.1) is 20.8 Å². The van der Waals surface area contributed by atoms with Gasteiger partial charge in [0.15, 0.2) is 0 Å². The zero-order valence-electron chi connectivity index (χ0n) is 16.0. The summed E-state index contributed by atoms with van der Waals surface area (Å²) in [5.41, 5.74) is 2.12. The molecule has 29 heavy (non-hydrogen) atoms. The van der Waals surface area contributed by atoms with E-state index in [0.29, 0.717) is 27.1 Å². The number of aryl methyl sites for hydroxylation is 3. The first kappa shape index (κ1) is 21.7. The topological polar surface area (TPSA) is 51.1 Å². The van der Waals surface area contributed by atoms with Crippen LogP contribution in [0.15, 0.2) is 47.5 Å². The Bertz CT molecular complexity index is 1150. The number of alkyl halides is 3. The second kappa shape index (κ2) is 7.66. The highest BCUT2D eigenvalue weighted by Gasteiger charge is 2.43. The lowest BCUT2D eigenvalue weighted by Gasteiger charge is -2.24. The molecule has 156 valence electrons. The van der Waals surface area contributed by atoms with Crippen LogP contribution in [-0.2, 0) is 16.6 Å². The average Bonchev–Trinajstić information content (AvgIpc) is 2.94. The molecular formula is C20H20ClF3N2O2S. The molecule has 0 saturated heterocycles. The molecule has 0 spiro atoms. The lowest BCUT2D eigenvalue weighted by Crippen LogP contribution is -2.48. The summed E-state index contributed by atoms with van der Waals surface area (Å²) in [5.74, 6) is 0. The summed E-state index contributed by atoms with van der Waals surface area (Å²) in [5, 5.41) is 1.09. The van der Waals surface area contributed by atoms with E-state index in [1.165, 1.54) is 10.8 Å². The second-order valence-corrected chi connectivity index (χ2v) is 9.20. The van der Waals surface area contributed by atoms with E-state index in [9.17, 15) is 21.6 Å². The molecule has 2 aromatic carbocycles. The highest BCUT2D eigenvalue weighted by Crippen LogP contribution is 2.28. The SMILES string of the molecule is Cc1cc(C)c(S(=O)(=O)NC(Cn2ccc3ccc(Cl)cc32)C(F)(F)F)c(C)c1. The van der Waals surface area contributed by atoms with E-state index >= 15 is 0 Å². The number of benzene rings is 2. The molecule has 1 aromatic heterocycles. The van der Waals surface area contributed by atoms with Gasteiger partial charge in [-0.15, -0.1) is 0 Å². The fourth-order valence-electron chi connectivity index (χ4n) is 3.56. The van der Waals surface area contributed by atoms with Gasteiger partial charge >= 0.3 is 6.18 Å². The maximum atomic E-state index is 13.7. The van der Waals surface area contributed by atoms with Gasteiger partial charge in [-0.3, -0.25) is 0 Å². The Kier molecular flexibility index (Phi) is 5.73. The predicted octanol–water partition coefficient (Wildman–Crippen LogP) is 5.13. The maximum Gasteiger partial charge on any atom is 0.406 e. The number of hydrogen-bond acceptors (Lipinski definition) is 2. The van der Waals surface area contributed by atoms with Gasteiger partial charge in [0.2, 0.25) is 10.0 Å². The van der Waals surface area contributed by atoms with E-state index in [4.69, 9.17) is 11.6 Å². The van der Waals surface area contributed by atoms with Gasteiger partial charge in [0.05, 0.1) is 4.90 Å². The van der Waals surface area contributed by atoms with Crippen molar-refractivity contribution in [1.82, 2.24) is 9.29 Å². The van der Waals surface area contributed by atoms with Gasteiger partial charge in [0, 0.05) is 23.3 Å². The van der Waals surface area contributed by atoms with Gasteiger partial charge in [-0.05, 0) is 55.5 Å². The zero-order valence-corrected chi connectivity index (χ0v) is 17.6. The Balaban J connectivity index is 1.99. The number of nitrogens with one attached hydrogen (secondary N) is 1. The molecule has 0 bridgehead atoms. The first-order chi connectivity index (χ1) is 13.4. The van der Waals surface area contributed by atoms with Crippen LogP contribution in [0.4, 0.5) is 13.2 Å². The van der Waals surface area contributed by atoms with Crippen molar-refractivity contribution >= 4 is 32.5 Å². The van der Waals surface area contributed by atoms with Crippen molar-refractivity contribution in [2.75, 3.05) is 0 Å². The van der Waals surface area contributed by atoms with Gasteiger partial charge in [-0.2, -0.15) is 17.9 Å². The Hall–Kier alpha value is -2.03. The van der Waals surface area contributed by atoms with Crippen molar-refractivity contribution in [1.29, 1.82) is 0 Å². The summed E-state index contributed by atoms with van der Waals surface area (Å²) < 4.78 is 70.1. The minimum absolute atomic E-state index is 0.127. The first-order valence-electron chi connectivity index (χ1n) is 8.80. The molecular weight excluding hydrogens is 425 g/mol. The van der Waals surface area contributed by atoms with Crippen molar-refractivity contribution in [3.8, 4) is 0 Å². The molecule has 4 nitrogen and oxygen atoms in total. The van der Waals surface area contributed by atoms with Crippen LogP contribution in [0.5, 0.6) is 0 Å². The van der Waals surface area contributed by atoms with Crippen LogP contribution < -0.4 is 4.72 Å². The second-order valence-electron chi connectivity index (χ2n) is 7.11. The van der Waals surface area contributed by atoms with E-state index in [1.807, 2.05) is 4.72 Å². The van der Waals surface area contributed by atoms with Crippen LogP contribution in [-0.4, -0.2) is 25.2 Å². The Morgan fingerprint density at radius 2 is 1.69 bits per heavy atom. The smallest absolute Gasteiger partial charge is 0.345 e. The highest BCUT2D eigenvalue weighted by molar-refractivity contribution is 7.89. The minimum atomic E-state index is -4.78. The van der Waals surface area contributed by atoms with E-state index in [2.05, 4.69) is 0 Å². The molecule has 0 saturated carbocycles.